The van der Waals surface area contributed by atoms with Crippen LogP contribution in [-0.4, -0.2) is 19.7 Å². The molecule has 3 rings (SSSR count). The van der Waals surface area contributed by atoms with Gasteiger partial charge in [-0.2, -0.15) is 0 Å². The summed E-state index contributed by atoms with van der Waals surface area (Å²) < 4.78 is 15.0. The maximum Gasteiger partial charge on any atom is 0.200 e. The molecule has 0 aliphatic heterocycles. The molecule has 19 heavy (non-hydrogen) atoms. The minimum absolute atomic E-state index is 0.211. The van der Waals surface area contributed by atoms with Gasteiger partial charge in [-0.1, -0.05) is 6.07 Å². The molecular weight excluding hydrogens is 265 g/mol. The summed E-state index contributed by atoms with van der Waals surface area (Å²) in [5, 5.41) is 18.1. The van der Waals surface area contributed by atoms with Crippen LogP contribution in [0, 0.1) is 5.82 Å². The van der Waals surface area contributed by atoms with Crippen molar-refractivity contribution >= 4 is 17.4 Å². The number of pyridine rings is 1. The molecule has 0 unspecified atom stereocenters. The van der Waals surface area contributed by atoms with Gasteiger partial charge in [0.05, 0.1) is 6.61 Å². The molecule has 1 N–H and O–H groups in total. The van der Waals surface area contributed by atoms with Crippen LogP contribution in [0.25, 0.3) is 5.65 Å². The van der Waals surface area contributed by atoms with Gasteiger partial charge < -0.3 is 5.11 Å². The Morgan fingerprint density at radius 1 is 1.21 bits per heavy atom. The Balaban J connectivity index is 2.01. The molecule has 2 heterocycles. The van der Waals surface area contributed by atoms with Crippen LogP contribution in [0.2, 0.25) is 0 Å². The summed E-state index contributed by atoms with van der Waals surface area (Å²) in [5.74, 6) is -0.362. The SMILES string of the molecule is OCc1cc(F)ccc1Sc1nnc2ccccn12. The first-order valence-corrected chi connectivity index (χ1v) is 6.46. The number of nitrogens with zero attached hydrogens (tertiary/aromatic N) is 3. The predicted octanol–water partition coefficient (Wildman–Crippen LogP) is 2.51. The van der Waals surface area contributed by atoms with Gasteiger partial charge in [0.15, 0.2) is 10.8 Å². The second-order valence-corrected chi connectivity index (χ2v) is 4.93. The largest absolute Gasteiger partial charge is 0.392 e. The first-order chi connectivity index (χ1) is 9.28. The smallest absolute Gasteiger partial charge is 0.200 e. The average molecular weight is 275 g/mol. The molecule has 6 heteroatoms. The van der Waals surface area contributed by atoms with Crippen LogP contribution < -0.4 is 0 Å². The van der Waals surface area contributed by atoms with Crippen LogP contribution in [0.5, 0.6) is 0 Å². The molecule has 3 aromatic rings. The molecule has 4 nitrogen and oxygen atoms in total. The lowest BCUT2D eigenvalue weighted by Gasteiger charge is -2.05. The topological polar surface area (TPSA) is 50.4 Å². The van der Waals surface area contributed by atoms with E-state index in [0.717, 1.165) is 10.5 Å². The Labute approximate surface area is 112 Å². The van der Waals surface area contributed by atoms with E-state index in [4.69, 9.17) is 0 Å². The molecule has 0 atom stereocenters. The molecule has 0 spiro atoms. The Morgan fingerprint density at radius 3 is 2.95 bits per heavy atom. The van der Waals surface area contributed by atoms with Crippen molar-refractivity contribution in [1.82, 2.24) is 14.6 Å². The van der Waals surface area contributed by atoms with Gasteiger partial charge >= 0.3 is 0 Å². The molecule has 0 fully saturated rings. The molecule has 0 aliphatic carbocycles. The van der Waals surface area contributed by atoms with E-state index in [0.29, 0.717) is 10.7 Å². The van der Waals surface area contributed by atoms with E-state index in [9.17, 15) is 9.50 Å². The van der Waals surface area contributed by atoms with Crippen molar-refractivity contribution in [1.29, 1.82) is 0 Å². The lowest BCUT2D eigenvalue weighted by atomic mass is 10.2. The third-order valence-corrected chi connectivity index (χ3v) is 3.76. The maximum atomic E-state index is 13.1. The fourth-order valence-corrected chi connectivity index (χ4v) is 2.68. The summed E-state index contributed by atoms with van der Waals surface area (Å²) in [7, 11) is 0. The van der Waals surface area contributed by atoms with Gasteiger partial charge in [-0.3, -0.25) is 4.40 Å². The molecular formula is C13H10FN3OS. The van der Waals surface area contributed by atoms with Gasteiger partial charge in [0.25, 0.3) is 0 Å². The number of halogens is 1. The zero-order valence-electron chi connectivity index (χ0n) is 9.82. The summed E-state index contributed by atoms with van der Waals surface area (Å²) in [6.07, 6.45) is 1.86. The summed E-state index contributed by atoms with van der Waals surface area (Å²) in [5.41, 5.74) is 1.29. The van der Waals surface area contributed by atoms with E-state index in [1.54, 1.807) is 6.07 Å². The second-order valence-electron chi connectivity index (χ2n) is 3.92. The van der Waals surface area contributed by atoms with Crippen LogP contribution in [0.15, 0.2) is 52.6 Å². The zero-order valence-corrected chi connectivity index (χ0v) is 10.6. The van der Waals surface area contributed by atoms with Crippen molar-refractivity contribution in [2.45, 2.75) is 16.7 Å². The summed E-state index contributed by atoms with van der Waals surface area (Å²) in [6, 6.07) is 9.95. The van der Waals surface area contributed by atoms with E-state index in [-0.39, 0.29) is 12.4 Å². The zero-order chi connectivity index (χ0) is 13.2. The lowest BCUT2D eigenvalue weighted by Crippen LogP contribution is -1.91. The standard InChI is InChI=1S/C13H10FN3OS/c14-10-4-5-11(9(7-10)8-18)19-13-16-15-12-3-1-2-6-17(12)13/h1-7,18H,8H2. The second kappa shape index (κ2) is 4.99. The highest BCUT2D eigenvalue weighted by molar-refractivity contribution is 7.99. The molecule has 0 aliphatic rings. The highest BCUT2D eigenvalue weighted by Crippen LogP contribution is 2.29. The van der Waals surface area contributed by atoms with Crippen molar-refractivity contribution in [2.75, 3.05) is 0 Å². The van der Waals surface area contributed by atoms with Crippen molar-refractivity contribution in [3.05, 3.63) is 54.0 Å². The van der Waals surface area contributed by atoms with Crippen molar-refractivity contribution < 1.29 is 9.50 Å². The van der Waals surface area contributed by atoms with Gasteiger partial charge in [-0.15, -0.1) is 10.2 Å². The normalized spacial score (nSPS) is 11.1. The number of aromatic nitrogens is 3. The molecule has 0 saturated carbocycles. The predicted molar refractivity (Wildman–Crippen MR) is 69.4 cm³/mol. The average Bonchev–Trinajstić information content (AvgIpc) is 2.84. The molecule has 2 aromatic heterocycles. The van der Waals surface area contributed by atoms with Crippen LogP contribution in [0.1, 0.15) is 5.56 Å². The summed E-state index contributed by atoms with van der Waals surface area (Å²) in [6.45, 7) is -0.211. The van der Waals surface area contributed by atoms with E-state index in [1.165, 1.54) is 23.9 Å². The number of aliphatic hydroxyl groups is 1. The minimum Gasteiger partial charge on any atom is -0.392 e. The van der Waals surface area contributed by atoms with Gasteiger partial charge in [-0.05, 0) is 47.7 Å². The number of fused-ring (bicyclic) bond motifs is 1. The third kappa shape index (κ3) is 2.32. The number of benzene rings is 1. The van der Waals surface area contributed by atoms with Gasteiger partial charge in [-0.25, -0.2) is 4.39 Å². The van der Waals surface area contributed by atoms with Crippen LogP contribution in [0.3, 0.4) is 0 Å². The fraction of sp³-hybridized carbons (Fsp3) is 0.0769. The van der Waals surface area contributed by atoms with Crippen molar-refractivity contribution in [2.24, 2.45) is 0 Å². The molecule has 1 aromatic carbocycles. The van der Waals surface area contributed by atoms with Crippen LogP contribution in [0.4, 0.5) is 4.39 Å². The molecule has 0 bridgehead atoms. The van der Waals surface area contributed by atoms with Gasteiger partial charge in [0, 0.05) is 11.1 Å². The van der Waals surface area contributed by atoms with Crippen LogP contribution >= 0.6 is 11.8 Å². The van der Waals surface area contributed by atoms with Crippen molar-refractivity contribution in [3.8, 4) is 0 Å². The molecule has 96 valence electrons. The van der Waals surface area contributed by atoms with Crippen LogP contribution in [-0.2, 0) is 6.61 Å². The van der Waals surface area contributed by atoms with E-state index >= 15 is 0 Å². The first kappa shape index (κ1) is 12.1. The fourth-order valence-electron chi connectivity index (χ4n) is 1.76. The van der Waals surface area contributed by atoms with E-state index in [1.807, 2.05) is 28.8 Å². The number of rotatable bonds is 3. The van der Waals surface area contributed by atoms with Gasteiger partial charge in [0.2, 0.25) is 0 Å². The van der Waals surface area contributed by atoms with Gasteiger partial charge in [0.1, 0.15) is 5.82 Å². The number of aliphatic hydroxyl groups excluding tert-OH is 1. The quantitative estimate of drug-likeness (QED) is 0.798. The van der Waals surface area contributed by atoms with E-state index in [2.05, 4.69) is 10.2 Å². The first-order valence-electron chi connectivity index (χ1n) is 5.65. The highest BCUT2D eigenvalue weighted by Gasteiger charge is 2.10. The Kier molecular flexibility index (Phi) is 3.18. The Hall–Kier alpha value is -1.92. The summed E-state index contributed by atoms with van der Waals surface area (Å²) in [4.78, 5) is 0.766. The Morgan fingerprint density at radius 2 is 2.11 bits per heavy atom. The number of hydrogen-bond donors (Lipinski definition) is 1. The monoisotopic (exact) mass is 275 g/mol. The third-order valence-electron chi connectivity index (χ3n) is 2.68. The molecule has 0 saturated heterocycles. The maximum absolute atomic E-state index is 13.1. The summed E-state index contributed by atoms with van der Waals surface area (Å²) >= 11 is 1.35. The van der Waals surface area contributed by atoms with E-state index < -0.39 is 0 Å². The molecule has 0 amide bonds. The Bertz CT molecular complexity index is 729. The van der Waals surface area contributed by atoms with Crippen molar-refractivity contribution in [3.63, 3.8) is 0 Å². The highest BCUT2D eigenvalue weighted by atomic mass is 32.2. The minimum atomic E-state index is -0.362. The molecule has 0 radical (unpaired) electrons. The number of hydrogen-bond acceptors (Lipinski definition) is 4. The lowest BCUT2D eigenvalue weighted by molar-refractivity contribution is 0.278.